The van der Waals surface area contributed by atoms with Gasteiger partial charge in [0, 0.05) is 26.7 Å². The van der Waals surface area contributed by atoms with E-state index in [1.807, 2.05) is 18.2 Å². The van der Waals surface area contributed by atoms with Gasteiger partial charge in [0.2, 0.25) is 0 Å². The van der Waals surface area contributed by atoms with E-state index in [2.05, 4.69) is 47.1 Å². The third-order valence-corrected chi connectivity index (χ3v) is 5.71. The number of benzene rings is 2. The molecule has 1 aliphatic rings. The topological polar surface area (TPSA) is 41.2 Å². The minimum atomic E-state index is 0.539. The van der Waals surface area contributed by atoms with Gasteiger partial charge in [-0.2, -0.15) is 5.26 Å². The Morgan fingerprint density at radius 2 is 1.68 bits per heavy atom. The van der Waals surface area contributed by atoms with Crippen LogP contribution in [-0.4, -0.2) is 13.1 Å². The second-order valence-electron chi connectivity index (χ2n) is 7.12. The molecule has 3 nitrogen and oxygen atoms in total. The molecule has 1 aliphatic heterocycles. The minimum absolute atomic E-state index is 0.539. The number of aromatic nitrogens is 1. The Labute approximate surface area is 175 Å². The van der Waals surface area contributed by atoms with Gasteiger partial charge in [0.15, 0.2) is 0 Å². The van der Waals surface area contributed by atoms with Crippen molar-refractivity contribution in [3.05, 3.63) is 69.7 Å². The molecule has 2 heterocycles. The molecular weight excluding hydrogens is 389 g/mol. The summed E-state index contributed by atoms with van der Waals surface area (Å²) in [6, 6.07) is 18.2. The summed E-state index contributed by atoms with van der Waals surface area (Å²) in [5.41, 5.74) is 5.48. The summed E-state index contributed by atoms with van der Waals surface area (Å²) < 4.78 is 0. The fourth-order valence-corrected chi connectivity index (χ4v) is 4.18. The first-order valence-corrected chi connectivity index (χ1v) is 10.1. The molecule has 1 saturated heterocycles. The molecule has 140 valence electrons. The molecule has 0 bridgehead atoms. The van der Waals surface area contributed by atoms with Crippen LogP contribution in [0.5, 0.6) is 0 Å². The fourth-order valence-electron chi connectivity index (χ4n) is 3.67. The summed E-state index contributed by atoms with van der Waals surface area (Å²) in [6.45, 7) is 3.95. The zero-order valence-electron chi connectivity index (χ0n) is 15.6. The smallest absolute Gasteiger partial charge is 0.261 e. The number of nitrogens with one attached hydrogen (secondary N) is 1. The highest BCUT2D eigenvalue weighted by atomic mass is 35.5. The Morgan fingerprint density at radius 1 is 0.964 bits per heavy atom. The first-order valence-electron chi connectivity index (χ1n) is 9.34. The number of halogens is 2. The van der Waals surface area contributed by atoms with Crippen molar-refractivity contribution in [2.24, 2.45) is 0 Å². The van der Waals surface area contributed by atoms with E-state index in [1.165, 1.54) is 5.56 Å². The Kier molecular flexibility index (Phi) is 5.26. The molecule has 0 unspecified atom stereocenters. The highest BCUT2D eigenvalue weighted by molar-refractivity contribution is 6.36. The predicted molar refractivity (Wildman–Crippen MR) is 115 cm³/mol. The molecule has 0 spiro atoms. The van der Waals surface area contributed by atoms with E-state index in [0.717, 1.165) is 54.1 Å². The number of H-pyrrole nitrogens is 1. The quantitative estimate of drug-likeness (QED) is 0.539. The highest BCUT2D eigenvalue weighted by Gasteiger charge is 2.28. The Balaban J connectivity index is 1.97. The molecule has 0 aliphatic carbocycles. The zero-order chi connectivity index (χ0) is 19.7. The molecule has 0 amide bonds. The summed E-state index contributed by atoms with van der Waals surface area (Å²) in [5, 5.41) is 11.1. The van der Waals surface area contributed by atoms with E-state index in [4.69, 9.17) is 23.2 Å². The van der Waals surface area contributed by atoms with Crippen LogP contribution in [0.2, 0.25) is 10.0 Å². The van der Waals surface area contributed by atoms with E-state index < -0.39 is 0 Å². The van der Waals surface area contributed by atoms with Gasteiger partial charge in [0.25, 0.3) is 5.82 Å². The van der Waals surface area contributed by atoms with Gasteiger partial charge in [0.05, 0.1) is 13.1 Å². The predicted octanol–water partition coefficient (Wildman–Crippen LogP) is 5.92. The van der Waals surface area contributed by atoms with Crippen molar-refractivity contribution in [2.45, 2.75) is 19.8 Å². The molecule has 0 radical (unpaired) electrons. The van der Waals surface area contributed by atoms with Crippen LogP contribution in [0.4, 0.5) is 5.82 Å². The van der Waals surface area contributed by atoms with Gasteiger partial charge in [-0.3, -0.25) is 4.90 Å². The third kappa shape index (κ3) is 3.58. The Hall–Kier alpha value is -2.54. The molecule has 1 N–H and O–H groups in total. The number of nitrogens with zero attached hydrogens (tertiary/aromatic N) is 2. The number of pyridine rings is 1. The fraction of sp³-hybridized carbons (Fsp3) is 0.217. The van der Waals surface area contributed by atoms with Crippen molar-refractivity contribution >= 4 is 29.0 Å². The van der Waals surface area contributed by atoms with Crippen LogP contribution >= 0.6 is 23.2 Å². The van der Waals surface area contributed by atoms with Crippen molar-refractivity contribution in [3.8, 4) is 28.5 Å². The van der Waals surface area contributed by atoms with E-state index in [-0.39, 0.29) is 0 Å². The van der Waals surface area contributed by atoms with Crippen molar-refractivity contribution in [2.75, 3.05) is 18.0 Å². The lowest BCUT2D eigenvalue weighted by Crippen LogP contribution is -2.28. The zero-order valence-corrected chi connectivity index (χ0v) is 17.1. The summed E-state index contributed by atoms with van der Waals surface area (Å²) in [4.78, 5) is 5.77. The van der Waals surface area contributed by atoms with Gasteiger partial charge >= 0.3 is 0 Å². The number of aromatic amines is 1. The number of hydrogen-bond acceptors (Lipinski definition) is 2. The van der Waals surface area contributed by atoms with Crippen molar-refractivity contribution in [1.29, 1.82) is 5.26 Å². The molecule has 0 saturated carbocycles. The number of rotatable bonds is 3. The lowest BCUT2D eigenvalue weighted by molar-refractivity contribution is -0.350. The average molecular weight is 409 g/mol. The summed E-state index contributed by atoms with van der Waals surface area (Å²) in [7, 11) is 0. The van der Waals surface area contributed by atoms with Gasteiger partial charge in [-0.15, -0.1) is 0 Å². The second kappa shape index (κ2) is 7.83. The Bertz CT molecular complexity index is 1060. The molecule has 1 fully saturated rings. The van der Waals surface area contributed by atoms with E-state index in [0.29, 0.717) is 15.6 Å². The van der Waals surface area contributed by atoms with Crippen molar-refractivity contribution in [3.63, 3.8) is 0 Å². The highest BCUT2D eigenvalue weighted by Crippen LogP contribution is 2.37. The first-order chi connectivity index (χ1) is 13.6. The van der Waals surface area contributed by atoms with Crippen LogP contribution in [0, 0.1) is 18.3 Å². The molecule has 1 aromatic heterocycles. The van der Waals surface area contributed by atoms with Crippen LogP contribution in [0.1, 0.15) is 24.0 Å². The lowest BCUT2D eigenvalue weighted by atomic mass is 9.97. The standard InChI is InChI=1S/C23H19Cl2N3/c1-15-4-6-16(7-5-15)22-13-19(18-9-8-17(24)12-21(18)25)20(14-26)23(27-22)28-10-2-3-11-28/h4-9,12-13H,2-3,10-11H2,1H3/p+1. The summed E-state index contributed by atoms with van der Waals surface area (Å²) in [5.74, 6) is 0.860. The van der Waals surface area contributed by atoms with E-state index >= 15 is 0 Å². The van der Waals surface area contributed by atoms with E-state index in [1.54, 1.807) is 6.07 Å². The molecule has 28 heavy (non-hydrogen) atoms. The third-order valence-electron chi connectivity index (χ3n) is 5.17. The number of aryl methyl sites for hydroxylation is 1. The van der Waals surface area contributed by atoms with Gasteiger partial charge in [-0.25, -0.2) is 4.98 Å². The maximum atomic E-state index is 10.00. The molecular formula is C23H20Cl2N3+. The second-order valence-corrected chi connectivity index (χ2v) is 7.96. The molecule has 0 atom stereocenters. The molecule has 5 heteroatoms. The van der Waals surface area contributed by atoms with Crippen molar-refractivity contribution < 1.29 is 4.98 Å². The van der Waals surface area contributed by atoms with Crippen LogP contribution < -0.4 is 9.88 Å². The van der Waals surface area contributed by atoms with Crippen LogP contribution in [0.25, 0.3) is 22.4 Å². The van der Waals surface area contributed by atoms with Crippen LogP contribution in [0.15, 0.2) is 48.5 Å². The SMILES string of the molecule is Cc1ccc(-c2cc(-c3ccc(Cl)cc3Cl)c(C#N)c(N3CCCC3)[nH+]2)cc1. The molecule has 4 rings (SSSR count). The van der Waals surface area contributed by atoms with Gasteiger partial charge in [0.1, 0.15) is 17.3 Å². The number of hydrogen-bond donors (Lipinski definition) is 0. The van der Waals surface area contributed by atoms with E-state index in [9.17, 15) is 5.26 Å². The van der Waals surface area contributed by atoms with Gasteiger partial charge < -0.3 is 0 Å². The summed E-state index contributed by atoms with van der Waals surface area (Å²) in [6.07, 6.45) is 2.26. The Morgan fingerprint density at radius 3 is 2.32 bits per heavy atom. The lowest BCUT2D eigenvalue weighted by Gasteiger charge is -2.15. The largest absolute Gasteiger partial charge is 0.293 e. The first kappa shape index (κ1) is 18.8. The number of anilines is 1. The molecule has 3 aromatic rings. The summed E-state index contributed by atoms with van der Waals surface area (Å²) >= 11 is 12.6. The van der Waals surface area contributed by atoms with Crippen LogP contribution in [0.3, 0.4) is 0 Å². The van der Waals surface area contributed by atoms with Crippen LogP contribution in [-0.2, 0) is 0 Å². The van der Waals surface area contributed by atoms with Gasteiger partial charge in [-0.05, 0) is 38.0 Å². The average Bonchev–Trinajstić information content (AvgIpc) is 3.22. The maximum absolute atomic E-state index is 10.00. The normalized spacial score (nSPS) is 13.6. The maximum Gasteiger partial charge on any atom is 0.293 e. The monoisotopic (exact) mass is 408 g/mol. The molecule has 2 aromatic carbocycles. The van der Waals surface area contributed by atoms with Crippen molar-refractivity contribution in [1.82, 2.24) is 0 Å². The number of nitriles is 1. The van der Waals surface area contributed by atoms with Gasteiger partial charge in [-0.1, -0.05) is 59.1 Å². The minimum Gasteiger partial charge on any atom is -0.261 e.